The van der Waals surface area contributed by atoms with E-state index in [2.05, 4.69) is 28.8 Å². The van der Waals surface area contributed by atoms with Gasteiger partial charge in [-0.2, -0.15) is 4.68 Å². The van der Waals surface area contributed by atoms with Gasteiger partial charge in [0.15, 0.2) is 0 Å². The molecule has 1 aromatic heterocycles. The van der Waals surface area contributed by atoms with Gasteiger partial charge in [0, 0.05) is 18.8 Å². The summed E-state index contributed by atoms with van der Waals surface area (Å²) in [5, 5.41) is 12.5. The van der Waals surface area contributed by atoms with Crippen LogP contribution in [0.3, 0.4) is 0 Å². The molecule has 0 saturated carbocycles. The highest BCUT2D eigenvalue weighted by Crippen LogP contribution is 2.16. The lowest BCUT2D eigenvalue weighted by molar-refractivity contribution is 0.0683. The molecule has 0 aliphatic heterocycles. The van der Waals surface area contributed by atoms with E-state index in [9.17, 15) is 9.59 Å². The zero-order chi connectivity index (χ0) is 14.7. The van der Waals surface area contributed by atoms with Gasteiger partial charge in [-0.1, -0.05) is 0 Å². The molecule has 2 rings (SSSR count). The Balaban J connectivity index is 2.35. The smallest absolute Gasteiger partial charge is 0.373 e. The predicted molar refractivity (Wildman–Crippen MR) is 74.7 cm³/mol. The molecular formula is C13H16N4O3. The number of anilines is 1. The SMILES string of the molecule is CCN(CC)c1ccc(-n2nc(C(=O)O)[nH]c2=O)cc1. The van der Waals surface area contributed by atoms with E-state index < -0.39 is 11.7 Å². The second-order valence-electron chi connectivity index (χ2n) is 4.18. The molecule has 0 spiro atoms. The summed E-state index contributed by atoms with van der Waals surface area (Å²) < 4.78 is 1.04. The van der Waals surface area contributed by atoms with E-state index in [1.165, 1.54) is 0 Å². The minimum atomic E-state index is -1.26. The van der Waals surface area contributed by atoms with Crippen LogP contribution < -0.4 is 10.6 Å². The predicted octanol–water partition coefficient (Wildman–Crippen LogP) is 1.10. The van der Waals surface area contributed by atoms with Crippen molar-refractivity contribution in [1.29, 1.82) is 0 Å². The van der Waals surface area contributed by atoms with Crippen molar-refractivity contribution in [3.05, 3.63) is 40.6 Å². The molecule has 0 saturated heterocycles. The number of aromatic nitrogens is 3. The third-order valence-electron chi connectivity index (χ3n) is 3.04. The quantitative estimate of drug-likeness (QED) is 0.853. The van der Waals surface area contributed by atoms with Crippen LogP contribution in [-0.4, -0.2) is 38.9 Å². The van der Waals surface area contributed by atoms with Crippen molar-refractivity contribution in [2.45, 2.75) is 13.8 Å². The zero-order valence-corrected chi connectivity index (χ0v) is 11.3. The Morgan fingerprint density at radius 2 is 1.90 bits per heavy atom. The number of nitrogens with zero attached hydrogens (tertiary/aromatic N) is 3. The van der Waals surface area contributed by atoms with Gasteiger partial charge in [-0.15, -0.1) is 5.10 Å². The van der Waals surface area contributed by atoms with Crippen LogP contribution >= 0.6 is 0 Å². The molecule has 7 nitrogen and oxygen atoms in total. The number of carboxylic acids is 1. The number of benzene rings is 1. The summed E-state index contributed by atoms with van der Waals surface area (Å²) in [6.45, 7) is 5.91. The van der Waals surface area contributed by atoms with Crippen LogP contribution in [-0.2, 0) is 0 Å². The second kappa shape index (κ2) is 5.60. The summed E-state index contributed by atoms with van der Waals surface area (Å²) in [4.78, 5) is 26.8. The van der Waals surface area contributed by atoms with Crippen molar-refractivity contribution >= 4 is 11.7 Å². The van der Waals surface area contributed by atoms with E-state index in [1.54, 1.807) is 12.1 Å². The maximum absolute atomic E-state index is 11.6. The third-order valence-corrected chi connectivity index (χ3v) is 3.04. The summed E-state index contributed by atoms with van der Waals surface area (Å²) in [6.07, 6.45) is 0. The van der Waals surface area contributed by atoms with Gasteiger partial charge in [-0.3, -0.25) is 4.98 Å². The standard InChI is InChI=1S/C13H16N4O3/c1-3-16(4-2)9-5-7-10(8-6-9)17-13(20)14-11(15-17)12(18)19/h5-8H,3-4H2,1-2H3,(H,18,19)(H,14,15,20). The molecule has 106 valence electrons. The molecule has 2 aromatic rings. The first-order valence-electron chi connectivity index (χ1n) is 6.34. The molecule has 2 N–H and O–H groups in total. The molecule has 1 aromatic carbocycles. The number of rotatable bonds is 5. The van der Waals surface area contributed by atoms with Gasteiger partial charge in [0.1, 0.15) is 0 Å². The van der Waals surface area contributed by atoms with Gasteiger partial charge >= 0.3 is 11.7 Å². The Kier molecular flexibility index (Phi) is 3.88. The van der Waals surface area contributed by atoms with Crippen LogP contribution in [0.2, 0.25) is 0 Å². The molecule has 7 heteroatoms. The number of hydrogen-bond donors (Lipinski definition) is 2. The lowest BCUT2D eigenvalue weighted by Crippen LogP contribution is -2.22. The fourth-order valence-corrected chi connectivity index (χ4v) is 1.99. The first-order valence-corrected chi connectivity index (χ1v) is 6.34. The highest BCUT2D eigenvalue weighted by atomic mass is 16.4. The normalized spacial score (nSPS) is 10.5. The number of nitrogens with one attached hydrogen (secondary N) is 1. The molecule has 0 bridgehead atoms. The molecule has 20 heavy (non-hydrogen) atoms. The van der Waals surface area contributed by atoms with Gasteiger partial charge in [0.25, 0.3) is 0 Å². The number of aromatic amines is 1. The monoisotopic (exact) mass is 276 g/mol. The lowest BCUT2D eigenvalue weighted by Gasteiger charge is -2.20. The van der Waals surface area contributed by atoms with Gasteiger partial charge in [-0.05, 0) is 38.1 Å². The molecule has 0 amide bonds. The first kappa shape index (κ1) is 13.9. The first-order chi connectivity index (χ1) is 9.56. The Morgan fingerprint density at radius 3 is 2.35 bits per heavy atom. The number of aromatic carboxylic acids is 1. The number of H-pyrrole nitrogens is 1. The average molecular weight is 276 g/mol. The van der Waals surface area contributed by atoms with E-state index in [0.717, 1.165) is 23.5 Å². The summed E-state index contributed by atoms with van der Waals surface area (Å²) >= 11 is 0. The molecule has 0 fully saturated rings. The Labute approximate surface area is 115 Å². The van der Waals surface area contributed by atoms with Crippen LogP contribution in [0.15, 0.2) is 29.1 Å². The minimum Gasteiger partial charge on any atom is -0.475 e. The highest BCUT2D eigenvalue weighted by Gasteiger charge is 2.12. The largest absolute Gasteiger partial charge is 0.475 e. The van der Waals surface area contributed by atoms with Crippen molar-refractivity contribution in [2.24, 2.45) is 0 Å². The Hall–Kier alpha value is -2.57. The average Bonchev–Trinajstić information content (AvgIpc) is 2.83. The Bertz CT molecular complexity index is 653. The Morgan fingerprint density at radius 1 is 1.30 bits per heavy atom. The zero-order valence-electron chi connectivity index (χ0n) is 11.3. The third kappa shape index (κ3) is 2.56. The second-order valence-corrected chi connectivity index (χ2v) is 4.18. The van der Waals surface area contributed by atoms with E-state index in [-0.39, 0.29) is 5.82 Å². The van der Waals surface area contributed by atoms with Gasteiger partial charge in [0.05, 0.1) is 5.69 Å². The molecule has 0 unspecified atom stereocenters. The number of carbonyl (C=O) groups is 1. The summed E-state index contributed by atoms with van der Waals surface area (Å²) in [7, 11) is 0. The van der Waals surface area contributed by atoms with Crippen molar-refractivity contribution in [3.63, 3.8) is 0 Å². The van der Waals surface area contributed by atoms with E-state index in [0.29, 0.717) is 5.69 Å². The summed E-state index contributed by atoms with van der Waals surface area (Å²) in [5.41, 5.74) is 0.994. The molecule has 1 heterocycles. The minimum absolute atomic E-state index is 0.372. The molecule has 0 aliphatic rings. The van der Waals surface area contributed by atoms with Crippen LogP contribution in [0.5, 0.6) is 0 Å². The van der Waals surface area contributed by atoms with Crippen LogP contribution in [0, 0.1) is 0 Å². The fraction of sp³-hybridized carbons (Fsp3) is 0.308. The molecule has 0 radical (unpaired) electrons. The lowest BCUT2D eigenvalue weighted by atomic mass is 10.2. The summed E-state index contributed by atoms with van der Waals surface area (Å²) in [6, 6.07) is 7.23. The van der Waals surface area contributed by atoms with Crippen LogP contribution in [0.4, 0.5) is 5.69 Å². The molecule has 0 aliphatic carbocycles. The van der Waals surface area contributed by atoms with E-state index in [1.807, 2.05) is 12.1 Å². The number of hydrogen-bond acceptors (Lipinski definition) is 4. The van der Waals surface area contributed by atoms with Crippen LogP contribution in [0.25, 0.3) is 5.69 Å². The highest BCUT2D eigenvalue weighted by molar-refractivity contribution is 5.82. The van der Waals surface area contributed by atoms with Gasteiger partial charge in [-0.25, -0.2) is 9.59 Å². The van der Waals surface area contributed by atoms with Crippen molar-refractivity contribution in [2.75, 3.05) is 18.0 Å². The van der Waals surface area contributed by atoms with Gasteiger partial charge < -0.3 is 10.0 Å². The van der Waals surface area contributed by atoms with Crippen molar-refractivity contribution in [1.82, 2.24) is 14.8 Å². The van der Waals surface area contributed by atoms with E-state index >= 15 is 0 Å². The van der Waals surface area contributed by atoms with Crippen LogP contribution in [0.1, 0.15) is 24.5 Å². The van der Waals surface area contributed by atoms with E-state index in [4.69, 9.17) is 5.11 Å². The maximum atomic E-state index is 11.6. The molecule has 0 atom stereocenters. The van der Waals surface area contributed by atoms with Gasteiger partial charge in [0.2, 0.25) is 5.82 Å². The molecular weight excluding hydrogens is 260 g/mol. The summed E-state index contributed by atoms with van der Waals surface area (Å²) in [5.74, 6) is -1.64. The fourth-order valence-electron chi connectivity index (χ4n) is 1.99. The van der Waals surface area contributed by atoms with Crippen molar-refractivity contribution < 1.29 is 9.90 Å². The maximum Gasteiger partial charge on any atom is 0.373 e. The topological polar surface area (TPSA) is 91.2 Å². The number of carboxylic acid groups (broad SMARTS) is 1. The van der Waals surface area contributed by atoms with Crippen molar-refractivity contribution in [3.8, 4) is 5.69 Å².